The maximum Gasteiger partial charge on any atom is 0.221 e. The van der Waals surface area contributed by atoms with E-state index in [9.17, 15) is 4.79 Å². The first-order valence-corrected chi connectivity index (χ1v) is 9.02. The molecule has 0 aliphatic carbocycles. The first-order valence-electron chi connectivity index (χ1n) is 8.23. The summed E-state index contributed by atoms with van der Waals surface area (Å²) in [6, 6.07) is 11.5. The molecule has 1 amide bonds. The van der Waals surface area contributed by atoms with Gasteiger partial charge in [0.2, 0.25) is 5.91 Å². The number of halogens is 1. The van der Waals surface area contributed by atoms with Crippen molar-refractivity contribution in [2.45, 2.75) is 27.3 Å². The van der Waals surface area contributed by atoms with E-state index in [1.54, 1.807) is 0 Å². The third kappa shape index (κ3) is 5.67. The smallest absolute Gasteiger partial charge is 0.221 e. The van der Waals surface area contributed by atoms with Crippen molar-refractivity contribution in [3.05, 3.63) is 46.4 Å². The lowest BCUT2D eigenvalue weighted by Crippen LogP contribution is -2.06. The van der Waals surface area contributed by atoms with E-state index in [4.69, 9.17) is 9.47 Å². The van der Waals surface area contributed by atoms with Crippen molar-refractivity contribution in [2.75, 3.05) is 23.8 Å². The van der Waals surface area contributed by atoms with Crippen molar-refractivity contribution in [1.29, 1.82) is 0 Å². The van der Waals surface area contributed by atoms with Crippen LogP contribution in [-0.4, -0.2) is 19.1 Å². The van der Waals surface area contributed by atoms with Crippen molar-refractivity contribution < 1.29 is 14.3 Å². The van der Waals surface area contributed by atoms with E-state index in [0.717, 1.165) is 32.9 Å². The molecule has 0 spiro atoms. The van der Waals surface area contributed by atoms with Crippen molar-refractivity contribution in [1.82, 2.24) is 0 Å². The van der Waals surface area contributed by atoms with Crippen molar-refractivity contribution in [2.24, 2.45) is 0 Å². The molecule has 0 aliphatic rings. The van der Waals surface area contributed by atoms with Crippen LogP contribution in [0.4, 0.5) is 11.4 Å². The number of amides is 1. The number of rotatable bonds is 8. The Morgan fingerprint density at radius 1 is 1.00 bits per heavy atom. The Morgan fingerprint density at radius 3 is 2.12 bits per heavy atom. The van der Waals surface area contributed by atoms with Gasteiger partial charge in [-0.3, -0.25) is 4.79 Å². The molecule has 2 aromatic rings. The fourth-order valence-electron chi connectivity index (χ4n) is 2.32. The lowest BCUT2D eigenvalue weighted by molar-refractivity contribution is -0.114. The monoisotopic (exact) mass is 406 g/mol. The summed E-state index contributed by atoms with van der Waals surface area (Å²) in [7, 11) is 0. The highest BCUT2D eigenvalue weighted by atomic mass is 79.9. The van der Waals surface area contributed by atoms with Gasteiger partial charge < -0.3 is 20.1 Å². The minimum atomic E-state index is -0.0810. The summed E-state index contributed by atoms with van der Waals surface area (Å²) in [6.07, 6.45) is 0. The Kier molecular flexibility index (Phi) is 7.13. The molecule has 0 unspecified atom stereocenters. The number of carbonyl (C=O) groups excluding carboxylic acids is 1. The largest absolute Gasteiger partial charge is 0.490 e. The van der Waals surface area contributed by atoms with E-state index >= 15 is 0 Å². The summed E-state index contributed by atoms with van der Waals surface area (Å²) in [6.45, 7) is 7.19. The van der Waals surface area contributed by atoms with Crippen LogP contribution >= 0.6 is 15.9 Å². The average Bonchev–Trinajstić information content (AvgIpc) is 2.57. The van der Waals surface area contributed by atoms with Crippen molar-refractivity contribution >= 4 is 33.2 Å². The highest BCUT2D eigenvalue weighted by molar-refractivity contribution is 9.10. The lowest BCUT2D eigenvalue weighted by Gasteiger charge is -2.15. The van der Waals surface area contributed by atoms with E-state index in [-0.39, 0.29) is 5.91 Å². The Morgan fingerprint density at radius 2 is 1.56 bits per heavy atom. The number of hydrogen-bond acceptors (Lipinski definition) is 4. The van der Waals surface area contributed by atoms with Gasteiger partial charge in [-0.2, -0.15) is 0 Å². The highest BCUT2D eigenvalue weighted by Gasteiger charge is 2.10. The van der Waals surface area contributed by atoms with Crippen LogP contribution in [0, 0.1) is 0 Å². The summed E-state index contributed by atoms with van der Waals surface area (Å²) < 4.78 is 12.3. The van der Waals surface area contributed by atoms with Gasteiger partial charge in [-0.1, -0.05) is 15.9 Å². The second-order valence-electron chi connectivity index (χ2n) is 5.37. The van der Waals surface area contributed by atoms with E-state index in [1.165, 1.54) is 6.92 Å². The van der Waals surface area contributed by atoms with E-state index in [2.05, 4.69) is 26.6 Å². The molecule has 134 valence electrons. The molecule has 2 aromatic carbocycles. The minimum Gasteiger partial charge on any atom is -0.490 e. The molecule has 6 heteroatoms. The Bertz CT molecular complexity index is 717. The van der Waals surface area contributed by atoms with E-state index in [0.29, 0.717) is 19.8 Å². The summed E-state index contributed by atoms with van der Waals surface area (Å²) in [4.78, 5) is 11.1. The number of nitrogens with one attached hydrogen (secondary N) is 2. The molecule has 0 saturated heterocycles. The van der Waals surface area contributed by atoms with E-state index in [1.807, 2.05) is 50.2 Å². The molecule has 0 aliphatic heterocycles. The Labute approximate surface area is 156 Å². The van der Waals surface area contributed by atoms with Crippen LogP contribution in [0.1, 0.15) is 26.3 Å². The Balaban J connectivity index is 2.09. The molecule has 0 heterocycles. The molecule has 2 rings (SSSR count). The standard InChI is InChI=1S/C19H23BrN2O3/c1-4-24-18-10-14(17(20)11-19(18)25-5-2)12-21-15-6-8-16(9-7-15)22-13(3)23/h6-11,21H,4-5,12H2,1-3H3,(H,22,23). The van der Waals surface area contributed by atoms with Gasteiger partial charge in [0, 0.05) is 29.3 Å². The minimum absolute atomic E-state index is 0.0810. The zero-order chi connectivity index (χ0) is 18.2. The molecule has 0 saturated carbocycles. The SMILES string of the molecule is CCOc1cc(Br)c(CNc2ccc(NC(C)=O)cc2)cc1OCC. The molecular weight excluding hydrogens is 384 g/mol. The Hall–Kier alpha value is -2.21. The zero-order valence-electron chi connectivity index (χ0n) is 14.7. The fourth-order valence-corrected chi connectivity index (χ4v) is 2.78. The fraction of sp³-hybridized carbons (Fsp3) is 0.316. The van der Waals surface area contributed by atoms with Crippen LogP contribution < -0.4 is 20.1 Å². The van der Waals surface area contributed by atoms with Crippen molar-refractivity contribution in [3.8, 4) is 11.5 Å². The number of carbonyl (C=O) groups is 1. The summed E-state index contributed by atoms with van der Waals surface area (Å²) in [5.41, 5.74) is 2.81. The topological polar surface area (TPSA) is 59.6 Å². The summed E-state index contributed by atoms with van der Waals surface area (Å²) in [5, 5.41) is 6.11. The third-order valence-electron chi connectivity index (χ3n) is 3.40. The number of ether oxygens (including phenoxy) is 2. The summed E-state index contributed by atoms with van der Waals surface area (Å²) in [5.74, 6) is 1.40. The van der Waals surface area contributed by atoms with Gasteiger partial charge in [0.05, 0.1) is 13.2 Å². The van der Waals surface area contributed by atoms with Crippen LogP contribution in [0.2, 0.25) is 0 Å². The predicted molar refractivity (Wildman–Crippen MR) is 105 cm³/mol. The molecule has 0 fully saturated rings. The normalized spacial score (nSPS) is 10.2. The van der Waals surface area contributed by atoms with Gasteiger partial charge in [0.15, 0.2) is 11.5 Å². The van der Waals surface area contributed by atoms with Crippen LogP contribution in [0.15, 0.2) is 40.9 Å². The average molecular weight is 407 g/mol. The van der Waals surface area contributed by atoms with Crippen LogP contribution in [0.25, 0.3) is 0 Å². The second kappa shape index (κ2) is 9.32. The quantitative estimate of drug-likeness (QED) is 0.659. The molecule has 2 N–H and O–H groups in total. The number of benzene rings is 2. The second-order valence-corrected chi connectivity index (χ2v) is 6.22. The van der Waals surface area contributed by atoms with Crippen LogP contribution in [0.3, 0.4) is 0 Å². The van der Waals surface area contributed by atoms with Crippen LogP contribution in [-0.2, 0) is 11.3 Å². The van der Waals surface area contributed by atoms with Gasteiger partial charge in [0.25, 0.3) is 0 Å². The summed E-state index contributed by atoms with van der Waals surface area (Å²) >= 11 is 3.59. The molecule has 25 heavy (non-hydrogen) atoms. The van der Waals surface area contributed by atoms with Gasteiger partial charge in [0.1, 0.15) is 0 Å². The molecule has 0 aromatic heterocycles. The predicted octanol–water partition coefficient (Wildman–Crippen LogP) is 4.82. The molecule has 0 radical (unpaired) electrons. The molecule has 0 atom stereocenters. The molecule has 5 nitrogen and oxygen atoms in total. The lowest BCUT2D eigenvalue weighted by atomic mass is 10.2. The first-order chi connectivity index (χ1) is 12.0. The zero-order valence-corrected chi connectivity index (χ0v) is 16.3. The first kappa shape index (κ1) is 19.1. The maximum absolute atomic E-state index is 11.1. The van der Waals surface area contributed by atoms with Gasteiger partial charge in [-0.15, -0.1) is 0 Å². The third-order valence-corrected chi connectivity index (χ3v) is 4.14. The van der Waals surface area contributed by atoms with Gasteiger partial charge in [-0.05, 0) is 55.8 Å². The van der Waals surface area contributed by atoms with E-state index < -0.39 is 0 Å². The van der Waals surface area contributed by atoms with Gasteiger partial charge >= 0.3 is 0 Å². The van der Waals surface area contributed by atoms with Crippen molar-refractivity contribution in [3.63, 3.8) is 0 Å². The van der Waals surface area contributed by atoms with Gasteiger partial charge in [-0.25, -0.2) is 0 Å². The molecule has 0 bridgehead atoms. The maximum atomic E-state index is 11.1. The van der Waals surface area contributed by atoms with Crippen LogP contribution in [0.5, 0.6) is 11.5 Å². The number of anilines is 2. The molecular formula is C19H23BrN2O3. The highest BCUT2D eigenvalue weighted by Crippen LogP contribution is 2.34. The number of hydrogen-bond donors (Lipinski definition) is 2.